The average molecular weight is 469 g/mol. The van der Waals surface area contributed by atoms with Crippen molar-refractivity contribution in [3.05, 3.63) is 96.1 Å². The van der Waals surface area contributed by atoms with Crippen molar-refractivity contribution in [1.29, 1.82) is 0 Å². The number of anilines is 2. The average Bonchev–Trinajstić information content (AvgIpc) is 3.69. The molecule has 1 fully saturated rings. The highest BCUT2D eigenvalue weighted by Gasteiger charge is 2.52. The van der Waals surface area contributed by atoms with Crippen LogP contribution in [-0.2, 0) is 16.1 Å². The zero-order chi connectivity index (χ0) is 24.4. The summed E-state index contributed by atoms with van der Waals surface area (Å²) >= 11 is 0. The highest BCUT2D eigenvalue weighted by atomic mass is 16.2. The summed E-state index contributed by atoms with van der Waals surface area (Å²) in [4.78, 5) is 43.2. The van der Waals surface area contributed by atoms with Gasteiger partial charge in [0.25, 0.3) is 11.8 Å². The first kappa shape index (κ1) is 22.7. The van der Waals surface area contributed by atoms with Crippen LogP contribution in [0.15, 0.2) is 84.9 Å². The molecule has 2 N–H and O–H groups in total. The van der Waals surface area contributed by atoms with Crippen molar-refractivity contribution in [2.24, 2.45) is 0 Å². The van der Waals surface area contributed by atoms with Crippen molar-refractivity contribution >= 4 is 29.1 Å². The van der Waals surface area contributed by atoms with Crippen LogP contribution >= 0.6 is 0 Å². The molecule has 0 saturated heterocycles. The summed E-state index contributed by atoms with van der Waals surface area (Å²) in [5.74, 6) is -0.800. The van der Waals surface area contributed by atoms with Gasteiger partial charge in [0.2, 0.25) is 5.91 Å². The smallest absolute Gasteiger partial charge is 0.252 e. The lowest BCUT2D eigenvalue weighted by Gasteiger charge is -2.28. The second kappa shape index (κ2) is 9.25. The van der Waals surface area contributed by atoms with E-state index in [-0.39, 0.29) is 17.7 Å². The Morgan fingerprint density at radius 1 is 0.886 bits per heavy atom. The van der Waals surface area contributed by atoms with Gasteiger partial charge in [-0.2, -0.15) is 0 Å². The van der Waals surface area contributed by atoms with Crippen molar-refractivity contribution in [1.82, 2.24) is 10.6 Å². The van der Waals surface area contributed by atoms with Crippen LogP contribution in [0.5, 0.6) is 0 Å². The zero-order valence-electron chi connectivity index (χ0n) is 19.6. The van der Waals surface area contributed by atoms with Crippen LogP contribution in [0, 0.1) is 0 Å². The Balaban J connectivity index is 1.37. The van der Waals surface area contributed by atoms with E-state index in [1.165, 1.54) is 0 Å². The lowest BCUT2D eigenvalue weighted by molar-refractivity contribution is -0.129. The molecule has 1 atom stereocenters. The van der Waals surface area contributed by atoms with Gasteiger partial charge in [-0.15, -0.1) is 0 Å². The lowest BCUT2D eigenvalue weighted by Crippen LogP contribution is -2.57. The van der Waals surface area contributed by atoms with Crippen LogP contribution in [-0.4, -0.2) is 42.9 Å². The number of likely N-dealkylation sites (N-methyl/N-ethyl adjacent to an activating group) is 1. The van der Waals surface area contributed by atoms with Crippen molar-refractivity contribution in [3.8, 4) is 0 Å². The molecule has 3 amide bonds. The van der Waals surface area contributed by atoms with Gasteiger partial charge in [-0.3, -0.25) is 14.4 Å². The fraction of sp³-hybridized carbons (Fsp3) is 0.250. The first-order valence-corrected chi connectivity index (χ1v) is 11.8. The summed E-state index contributed by atoms with van der Waals surface area (Å²) in [6, 6.07) is 25.9. The summed E-state index contributed by atoms with van der Waals surface area (Å²) in [5, 5.41) is 5.86. The molecule has 35 heavy (non-hydrogen) atoms. The third-order valence-corrected chi connectivity index (χ3v) is 6.71. The van der Waals surface area contributed by atoms with Gasteiger partial charge in [0.15, 0.2) is 0 Å². The number of rotatable bonds is 6. The Kier molecular flexibility index (Phi) is 5.99. The monoisotopic (exact) mass is 468 g/mol. The van der Waals surface area contributed by atoms with E-state index < -0.39 is 11.6 Å². The number of para-hydroxylation sites is 2. The molecule has 0 radical (unpaired) electrons. The number of hydrogen-bond donors (Lipinski definition) is 2. The zero-order valence-corrected chi connectivity index (χ0v) is 19.6. The molecular weight excluding hydrogens is 440 g/mol. The minimum atomic E-state index is -0.977. The van der Waals surface area contributed by atoms with Gasteiger partial charge in [-0.1, -0.05) is 60.7 Å². The van der Waals surface area contributed by atoms with Gasteiger partial charge in [0.1, 0.15) is 11.6 Å². The first-order valence-electron chi connectivity index (χ1n) is 11.8. The maximum absolute atomic E-state index is 13.4. The number of hydrogen-bond acceptors (Lipinski definition) is 4. The SMILES string of the molecule is CN1C(=O)[C@H](NC(=O)C2(NC(=O)c3ccccc3)CC2)CN(Cc2ccccc2)c2ccccc21. The predicted molar refractivity (Wildman–Crippen MR) is 135 cm³/mol. The largest absolute Gasteiger partial charge is 0.363 e. The summed E-state index contributed by atoms with van der Waals surface area (Å²) < 4.78 is 0. The predicted octanol–water partition coefficient (Wildman–Crippen LogP) is 3.12. The van der Waals surface area contributed by atoms with E-state index in [4.69, 9.17) is 0 Å². The number of amides is 3. The Hall–Kier alpha value is -4.13. The molecule has 1 saturated carbocycles. The molecule has 3 aromatic carbocycles. The van der Waals surface area contributed by atoms with Gasteiger partial charge >= 0.3 is 0 Å². The Morgan fingerprint density at radius 2 is 1.49 bits per heavy atom. The fourth-order valence-corrected chi connectivity index (χ4v) is 4.53. The number of fused-ring (bicyclic) bond motifs is 1. The van der Waals surface area contributed by atoms with Crippen LogP contribution in [0.4, 0.5) is 11.4 Å². The fourth-order valence-electron chi connectivity index (χ4n) is 4.53. The van der Waals surface area contributed by atoms with E-state index in [1.54, 1.807) is 36.2 Å². The van der Waals surface area contributed by atoms with Crippen molar-refractivity contribution in [3.63, 3.8) is 0 Å². The van der Waals surface area contributed by atoms with E-state index >= 15 is 0 Å². The van der Waals surface area contributed by atoms with Crippen molar-refractivity contribution in [2.75, 3.05) is 23.4 Å². The Labute approximate surface area is 204 Å². The summed E-state index contributed by atoms with van der Waals surface area (Å²) in [7, 11) is 1.73. The number of nitrogens with one attached hydrogen (secondary N) is 2. The van der Waals surface area contributed by atoms with E-state index in [0.717, 1.165) is 16.9 Å². The molecule has 1 heterocycles. The summed E-state index contributed by atoms with van der Waals surface area (Å²) in [6.45, 7) is 0.921. The van der Waals surface area contributed by atoms with Gasteiger partial charge in [-0.05, 0) is 42.7 Å². The molecular formula is C28H28N4O3. The number of carbonyl (C=O) groups is 3. The van der Waals surface area contributed by atoms with Crippen LogP contribution in [0.2, 0.25) is 0 Å². The molecule has 0 spiro atoms. The van der Waals surface area contributed by atoms with E-state index in [9.17, 15) is 14.4 Å². The minimum absolute atomic E-state index is 0.188. The van der Waals surface area contributed by atoms with Crippen LogP contribution < -0.4 is 20.4 Å². The topological polar surface area (TPSA) is 81.8 Å². The van der Waals surface area contributed by atoms with Crippen LogP contribution in [0.3, 0.4) is 0 Å². The third kappa shape index (κ3) is 4.62. The van der Waals surface area contributed by atoms with E-state index in [2.05, 4.69) is 15.5 Å². The first-order chi connectivity index (χ1) is 17.0. The Morgan fingerprint density at radius 3 is 2.14 bits per heavy atom. The Bertz CT molecular complexity index is 1240. The summed E-state index contributed by atoms with van der Waals surface area (Å²) in [6.07, 6.45) is 1.09. The molecule has 3 aromatic rings. The lowest BCUT2D eigenvalue weighted by atomic mass is 10.1. The van der Waals surface area contributed by atoms with Gasteiger partial charge in [0, 0.05) is 25.7 Å². The quantitative estimate of drug-likeness (QED) is 0.583. The van der Waals surface area contributed by atoms with Crippen LogP contribution in [0.25, 0.3) is 0 Å². The second-order valence-corrected chi connectivity index (χ2v) is 9.18. The maximum atomic E-state index is 13.4. The van der Waals surface area contributed by atoms with Gasteiger partial charge in [-0.25, -0.2) is 0 Å². The molecule has 178 valence electrons. The highest BCUT2D eigenvalue weighted by Crippen LogP contribution is 2.37. The minimum Gasteiger partial charge on any atom is -0.363 e. The second-order valence-electron chi connectivity index (χ2n) is 9.18. The molecule has 7 nitrogen and oxygen atoms in total. The maximum Gasteiger partial charge on any atom is 0.252 e. The van der Waals surface area contributed by atoms with E-state index in [0.29, 0.717) is 31.5 Å². The number of benzene rings is 3. The molecule has 5 rings (SSSR count). The molecule has 0 bridgehead atoms. The highest BCUT2D eigenvalue weighted by molar-refractivity contribution is 6.05. The van der Waals surface area contributed by atoms with Gasteiger partial charge < -0.3 is 20.4 Å². The molecule has 1 aliphatic heterocycles. The number of carbonyl (C=O) groups excluding carboxylic acids is 3. The van der Waals surface area contributed by atoms with Gasteiger partial charge in [0.05, 0.1) is 11.4 Å². The molecule has 7 heteroatoms. The third-order valence-electron chi connectivity index (χ3n) is 6.71. The molecule has 0 aromatic heterocycles. The van der Waals surface area contributed by atoms with Crippen molar-refractivity contribution in [2.45, 2.75) is 31.0 Å². The molecule has 0 unspecified atom stereocenters. The van der Waals surface area contributed by atoms with Crippen molar-refractivity contribution < 1.29 is 14.4 Å². The normalized spacial score (nSPS) is 18.3. The molecule has 1 aliphatic carbocycles. The molecule has 2 aliphatic rings. The van der Waals surface area contributed by atoms with Crippen LogP contribution in [0.1, 0.15) is 28.8 Å². The number of nitrogens with zero attached hydrogens (tertiary/aromatic N) is 2. The van der Waals surface area contributed by atoms with E-state index in [1.807, 2.05) is 60.7 Å². The standard InChI is InChI=1S/C28H28N4O3/c1-31-23-14-8-9-15-24(23)32(18-20-10-4-2-5-11-20)19-22(26(31)34)29-27(35)28(16-17-28)30-25(33)21-12-6-3-7-13-21/h2-15,22H,16-19H2,1H3,(H,29,35)(H,30,33)/t22-/m1/s1. The summed E-state index contributed by atoms with van der Waals surface area (Å²) in [5.41, 5.74) is 2.36.